The Hall–Kier alpha value is -0.400. The van der Waals surface area contributed by atoms with Crippen molar-refractivity contribution in [2.45, 2.75) is 17.0 Å². The molecule has 0 radical (unpaired) electrons. The summed E-state index contributed by atoms with van der Waals surface area (Å²) in [6.07, 6.45) is 1.22. The van der Waals surface area contributed by atoms with Crippen molar-refractivity contribution in [3.8, 4) is 0 Å². The Bertz CT molecular complexity index is 401. The molecule has 0 aliphatic rings. The molecule has 88 valence electrons. The topological polar surface area (TPSA) is 0 Å². The molecule has 2 rings (SSSR count). The van der Waals surface area contributed by atoms with Crippen LogP contribution in [0.5, 0.6) is 0 Å². The predicted molar refractivity (Wildman–Crippen MR) is 87.2 cm³/mol. The Kier molecular flexibility index (Phi) is 4.99. The summed E-state index contributed by atoms with van der Waals surface area (Å²) in [5.41, 5.74) is 0. The lowest BCUT2D eigenvalue weighted by molar-refractivity contribution is 1.08. The van der Waals surface area contributed by atoms with Gasteiger partial charge in [0, 0.05) is 3.67 Å². The van der Waals surface area contributed by atoms with Crippen molar-refractivity contribution in [1.29, 1.82) is 0 Å². The quantitative estimate of drug-likeness (QED) is 0.437. The van der Waals surface area contributed by atoms with Crippen molar-refractivity contribution >= 4 is 41.1 Å². The van der Waals surface area contributed by atoms with Crippen LogP contribution in [0.25, 0.3) is 0 Å². The number of benzene rings is 2. The van der Waals surface area contributed by atoms with Gasteiger partial charge in [0.25, 0.3) is 0 Å². The molecular formula is C15H16IP. The molecule has 1 unspecified atom stereocenters. The normalized spacial score (nSPS) is 12.6. The lowest BCUT2D eigenvalue weighted by atomic mass is 10.4. The molecule has 0 fully saturated rings. The second kappa shape index (κ2) is 6.51. The van der Waals surface area contributed by atoms with Gasteiger partial charge in [0.05, 0.1) is 0 Å². The zero-order chi connectivity index (χ0) is 12.1. The van der Waals surface area contributed by atoms with Crippen LogP contribution in [0.4, 0.5) is 0 Å². The minimum Gasteiger partial charge on any atom is -0.0768 e. The highest BCUT2D eigenvalue weighted by Crippen LogP contribution is 2.44. The average molecular weight is 354 g/mol. The van der Waals surface area contributed by atoms with E-state index >= 15 is 0 Å². The van der Waals surface area contributed by atoms with Crippen LogP contribution in [0.1, 0.15) is 13.3 Å². The van der Waals surface area contributed by atoms with Crippen LogP contribution in [0.15, 0.2) is 60.7 Å². The van der Waals surface area contributed by atoms with Gasteiger partial charge in [-0.15, -0.1) is 0 Å². The van der Waals surface area contributed by atoms with Gasteiger partial charge in [0.1, 0.15) is 0 Å². The van der Waals surface area contributed by atoms with E-state index in [1.165, 1.54) is 17.0 Å². The average Bonchev–Trinajstić information content (AvgIpc) is 2.41. The third-order valence-electron chi connectivity index (χ3n) is 2.69. The van der Waals surface area contributed by atoms with Crippen LogP contribution in [0, 0.1) is 0 Å². The van der Waals surface area contributed by atoms with Gasteiger partial charge in [-0.2, -0.15) is 0 Å². The second-order valence-electron chi connectivity index (χ2n) is 3.88. The molecule has 0 saturated heterocycles. The van der Waals surface area contributed by atoms with Crippen molar-refractivity contribution in [3.63, 3.8) is 0 Å². The first-order valence-corrected chi connectivity index (χ1v) is 8.52. The zero-order valence-electron chi connectivity index (χ0n) is 9.88. The standard InChI is InChI=1S/C15H16IP/c1-2-15(16)17(13-9-5-3-6-10-13)14-11-7-4-8-12-14/h3-12,15H,2H2,1H3. The third kappa shape index (κ3) is 3.29. The Morgan fingerprint density at radius 1 is 0.882 bits per heavy atom. The number of halogens is 1. The second-order valence-corrected chi connectivity index (χ2v) is 8.77. The Morgan fingerprint density at radius 2 is 1.29 bits per heavy atom. The van der Waals surface area contributed by atoms with Gasteiger partial charge in [-0.25, -0.2) is 0 Å². The molecule has 0 aliphatic heterocycles. The maximum absolute atomic E-state index is 2.60. The number of hydrogen-bond donors (Lipinski definition) is 0. The molecule has 0 nitrogen and oxygen atoms in total. The number of hydrogen-bond acceptors (Lipinski definition) is 0. The maximum atomic E-state index is 2.60. The molecule has 17 heavy (non-hydrogen) atoms. The lowest BCUT2D eigenvalue weighted by Gasteiger charge is -2.23. The first kappa shape index (κ1) is 13.0. The van der Waals surface area contributed by atoms with Gasteiger partial charge >= 0.3 is 0 Å². The van der Waals surface area contributed by atoms with Crippen molar-refractivity contribution in [2.24, 2.45) is 0 Å². The molecule has 0 bridgehead atoms. The summed E-state index contributed by atoms with van der Waals surface area (Å²) in [5.74, 6) is 0. The Morgan fingerprint density at radius 3 is 1.65 bits per heavy atom. The van der Waals surface area contributed by atoms with Crippen LogP contribution in [-0.4, -0.2) is 3.67 Å². The first-order chi connectivity index (χ1) is 8.33. The lowest BCUT2D eigenvalue weighted by Crippen LogP contribution is -2.17. The molecule has 2 heteroatoms. The van der Waals surface area contributed by atoms with E-state index in [1.54, 1.807) is 0 Å². The van der Waals surface area contributed by atoms with Gasteiger partial charge < -0.3 is 0 Å². The summed E-state index contributed by atoms with van der Waals surface area (Å²) >= 11 is 2.60. The van der Waals surface area contributed by atoms with Gasteiger partial charge in [-0.1, -0.05) is 90.2 Å². The summed E-state index contributed by atoms with van der Waals surface area (Å²) in [5, 5.41) is 2.96. The Labute approximate surface area is 118 Å². The zero-order valence-corrected chi connectivity index (χ0v) is 12.9. The minimum atomic E-state index is -0.226. The van der Waals surface area contributed by atoms with Crippen molar-refractivity contribution < 1.29 is 0 Å². The fourth-order valence-electron chi connectivity index (χ4n) is 1.83. The van der Waals surface area contributed by atoms with Gasteiger partial charge in [0.15, 0.2) is 0 Å². The molecule has 1 atom stereocenters. The van der Waals surface area contributed by atoms with E-state index in [4.69, 9.17) is 0 Å². The predicted octanol–water partition coefficient (Wildman–Crippen LogP) is 4.29. The summed E-state index contributed by atoms with van der Waals surface area (Å²) in [6.45, 7) is 2.28. The van der Waals surface area contributed by atoms with Crippen LogP contribution >= 0.6 is 30.5 Å². The largest absolute Gasteiger partial charge is 0.0768 e. The third-order valence-corrected chi connectivity index (χ3v) is 7.87. The van der Waals surface area contributed by atoms with Crippen molar-refractivity contribution in [2.75, 3.05) is 0 Å². The Balaban J connectivity index is 2.39. The molecular weight excluding hydrogens is 338 g/mol. The fraction of sp³-hybridized carbons (Fsp3) is 0.200. The van der Waals surface area contributed by atoms with E-state index < -0.39 is 0 Å². The molecule has 0 aliphatic carbocycles. The molecule has 0 N–H and O–H groups in total. The van der Waals surface area contributed by atoms with E-state index in [0.29, 0.717) is 3.67 Å². The van der Waals surface area contributed by atoms with Gasteiger partial charge in [-0.3, -0.25) is 0 Å². The van der Waals surface area contributed by atoms with Crippen LogP contribution in [-0.2, 0) is 0 Å². The molecule has 2 aromatic carbocycles. The van der Waals surface area contributed by atoms with E-state index in [-0.39, 0.29) is 7.92 Å². The van der Waals surface area contributed by atoms with E-state index in [1.807, 2.05) is 0 Å². The van der Waals surface area contributed by atoms with Crippen molar-refractivity contribution in [3.05, 3.63) is 60.7 Å². The van der Waals surface area contributed by atoms with Gasteiger partial charge in [0.2, 0.25) is 0 Å². The SMILES string of the molecule is CCC(I)P(c1ccccc1)c1ccccc1. The molecule has 0 saturated carbocycles. The highest BCUT2D eigenvalue weighted by Gasteiger charge is 2.20. The molecule has 0 aromatic heterocycles. The highest BCUT2D eigenvalue weighted by atomic mass is 127. The smallest absolute Gasteiger partial charge is 0.0388 e. The fourth-order valence-corrected chi connectivity index (χ4v) is 6.06. The van der Waals surface area contributed by atoms with E-state index in [2.05, 4.69) is 90.2 Å². The number of alkyl halides is 1. The van der Waals surface area contributed by atoms with E-state index in [9.17, 15) is 0 Å². The van der Waals surface area contributed by atoms with Crippen molar-refractivity contribution in [1.82, 2.24) is 0 Å². The summed E-state index contributed by atoms with van der Waals surface area (Å²) in [7, 11) is -0.226. The number of rotatable bonds is 4. The first-order valence-electron chi connectivity index (χ1n) is 5.86. The molecule has 2 aromatic rings. The van der Waals surface area contributed by atoms with Crippen LogP contribution in [0.2, 0.25) is 0 Å². The van der Waals surface area contributed by atoms with Crippen LogP contribution in [0.3, 0.4) is 0 Å². The summed E-state index contributed by atoms with van der Waals surface area (Å²) < 4.78 is 0.701. The molecule has 0 spiro atoms. The molecule has 0 amide bonds. The molecule has 0 heterocycles. The van der Waals surface area contributed by atoms with E-state index in [0.717, 1.165) is 0 Å². The summed E-state index contributed by atoms with van der Waals surface area (Å²) in [4.78, 5) is 0. The highest BCUT2D eigenvalue weighted by molar-refractivity contribution is 14.1. The monoisotopic (exact) mass is 354 g/mol. The maximum Gasteiger partial charge on any atom is 0.0388 e. The minimum absolute atomic E-state index is 0.226. The summed E-state index contributed by atoms with van der Waals surface area (Å²) in [6, 6.07) is 21.8. The van der Waals surface area contributed by atoms with Gasteiger partial charge in [-0.05, 0) is 25.0 Å². The van der Waals surface area contributed by atoms with Crippen LogP contribution < -0.4 is 10.6 Å².